The summed E-state index contributed by atoms with van der Waals surface area (Å²) in [4.78, 5) is 4.19. The second-order valence-corrected chi connectivity index (χ2v) is 4.27. The molecule has 5 heteroatoms. The van der Waals surface area contributed by atoms with Gasteiger partial charge in [0.25, 0.3) is 0 Å². The van der Waals surface area contributed by atoms with Crippen LogP contribution in [-0.4, -0.2) is 14.8 Å². The number of halogens is 1. The van der Waals surface area contributed by atoms with Crippen molar-refractivity contribution in [2.24, 2.45) is 0 Å². The predicted molar refractivity (Wildman–Crippen MR) is 65.3 cm³/mol. The Morgan fingerprint density at radius 1 is 1.29 bits per heavy atom. The lowest BCUT2D eigenvalue weighted by Gasteiger charge is -2.06. The van der Waals surface area contributed by atoms with Gasteiger partial charge in [-0.2, -0.15) is 10.4 Å². The van der Waals surface area contributed by atoms with Crippen LogP contribution in [0, 0.1) is 32.1 Å². The average Bonchev–Trinajstić information content (AvgIpc) is 2.57. The van der Waals surface area contributed by atoms with Gasteiger partial charge >= 0.3 is 0 Å². The first-order valence-corrected chi connectivity index (χ1v) is 5.51. The van der Waals surface area contributed by atoms with Crippen LogP contribution in [0.25, 0.3) is 5.82 Å². The van der Waals surface area contributed by atoms with E-state index in [1.807, 2.05) is 39.0 Å². The van der Waals surface area contributed by atoms with Crippen molar-refractivity contribution < 1.29 is 0 Å². The Hall–Kier alpha value is -1.86. The van der Waals surface area contributed by atoms with Crippen LogP contribution in [0.5, 0.6) is 0 Å². The maximum Gasteiger partial charge on any atom is 0.155 e. The Labute approximate surface area is 104 Å². The highest BCUT2D eigenvalue weighted by Crippen LogP contribution is 2.20. The molecule has 0 atom stereocenters. The van der Waals surface area contributed by atoms with Gasteiger partial charge < -0.3 is 0 Å². The fraction of sp³-hybridized carbons (Fsp3) is 0.250. The summed E-state index contributed by atoms with van der Waals surface area (Å²) in [5, 5.41) is 13.5. The average molecular weight is 247 g/mol. The first kappa shape index (κ1) is 11.6. The summed E-state index contributed by atoms with van der Waals surface area (Å²) in [6.07, 6.45) is 0. The van der Waals surface area contributed by atoms with E-state index in [4.69, 9.17) is 16.9 Å². The number of rotatable bonds is 1. The van der Waals surface area contributed by atoms with Crippen molar-refractivity contribution in [2.45, 2.75) is 20.8 Å². The normalized spacial score (nSPS) is 10.3. The highest BCUT2D eigenvalue weighted by molar-refractivity contribution is 6.30. The highest BCUT2D eigenvalue weighted by atomic mass is 35.5. The molecule has 2 rings (SSSR count). The van der Waals surface area contributed by atoms with Crippen molar-refractivity contribution in [1.82, 2.24) is 14.8 Å². The van der Waals surface area contributed by atoms with E-state index in [9.17, 15) is 0 Å². The van der Waals surface area contributed by atoms with Gasteiger partial charge in [-0.15, -0.1) is 0 Å². The SMILES string of the molecule is Cc1cc(C)n(-c2cc(C)c(C#N)c(Cl)n2)n1. The summed E-state index contributed by atoms with van der Waals surface area (Å²) in [5.41, 5.74) is 3.12. The molecule has 2 aromatic heterocycles. The molecule has 0 radical (unpaired) electrons. The minimum absolute atomic E-state index is 0.218. The van der Waals surface area contributed by atoms with Crippen molar-refractivity contribution in [1.29, 1.82) is 5.26 Å². The molecule has 0 aliphatic rings. The van der Waals surface area contributed by atoms with Crippen molar-refractivity contribution in [3.8, 4) is 11.9 Å². The zero-order chi connectivity index (χ0) is 12.6. The van der Waals surface area contributed by atoms with Gasteiger partial charge in [-0.3, -0.25) is 0 Å². The van der Waals surface area contributed by atoms with Gasteiger partial charge in [0.15, 0.2) is 5.82 Å². The molecule has 0 aliphatic heterocycles. The standard InChI is InChI=1S/C12H11ClN4/c1-7-4-11(15-12(13)10(7)6-14)17-9(3)5-8(2)16-17/h4-5H,1-3H3. The molecule has 2 heterocycles. The van der Waals surface area contributed by atoms with Crippen LogP contribution in [-0.2, 0) is 0 Å². The third-order valence-corrected chi connectivity index (χ3v) is 2.77. The fourth-order valence-corrected chi connectivity index (χ4v) is 2.00. The molecular formula is C12H11ClN4. The predicted octanol–water partition coefficient (Wildman–Crippen LogP) is 2.72. The molecule has 0 amide bonds. The minimum atomic E-state index is 0.218. The smallest absolute Gasteiger partial charge is 0.155 e. The molecule has 0 fully saturated rings. The van der Waals surface area contributed by atoms with E-state index in [0.29, 0.717) is 11.4 Å². The zero-order valence-electron chi connectivity index (χ0n) is 9.82. The molecule has 17 heavy (non-hydrogen) atoms. The van der Waals surface area contributed by atoms with E-state index in [-0.39, 0.29) is 5.15 Å². The molecule has 0 bridgehead atoms. The zero-order valence-corrected chi connectivity index (χ0v) is 10.6. The Morgan fingerprint density at radius 3 is 2.47 bits per heavy atom. The molecule has 0 unspecified atom stereocenters. The first-order chi connectivity index (χ1) is 8.02. The summed E-state index contributed by atoms with van der Waals surface area (Å²) in [5.74, 6) is 0.636. The number of hydrogen-bond donors (Lipinski definition) is 0. The summed E-state index contributed by atoms with van der Waals surface area (Å²) < 4.78 is 1.72. The number of nitriles is 1. The van der Waals surface area contributed by atoms with Crippen LogP contribution in [0.1, 0.15) is 22.5 Å². The molecule has 0 N–H and O–H groups in total. The quantitative estimate of drug-likeness (QED) is 0.727. The summed E-state index contributed by atoms with van der Waals surface area (Å²) in [6.45, 7) is 5.70. The maximum absolute atomic E-state index is 8.92. The third-order valence-electron chi connectivity index (χ3n) is 2.50. The largest absolute Gasteiger partial charge is 0.219 e. The van der Waals surface area contributed by atoms with E-state index >= 15 is 0 Å². The van der Waals surface area contributed by atoms with Crippen LogP contribution in [0.3, 0.4) is 0 Å². The topological polar surface area (TPSA) is 54.5 Å². The number of aromatic nitrogens is 3. The monoisotopic (exact) mass is 246 g/mol. The van der Waals surface area contributed by atoms with E-state index in [2.05, 4.69) is 10.1 Å². The van der Waals surface area contributed by atoms with Gasteiger partial charge in [0.2, 0.25) is 0 Å². The Bertz CT molecular complexity index is 599. The van der Waals surface area contributed by atoms with E-state index in [0.717, 1.165) is 17.0 Å². The maximum atomic E-state index is 8.92. The van der Waals surface area contributed by atoms with E-state index in [1.165, 1.54) is 0 Å². The van der Waals surface area contributed by atoms with E-state index < -0.39 is 0 Å². The van der Waals surface area contributed by atoms with Crippen molar-refractivity contribution in [3.05, 3.63) is 39.8 Å². The Kier molecular flexibility index (Phi) is 2.86. The van der Waals surface area contributed by atoms with Crippen LogP contribution in [0.4, 0.5) is 0 Å². The second-order valence-electron chi connectivity index (χ2n) is 3.91. The van der Waals surface area contributed by atoms with Gasteiger partial charge in [0.1, 0.15) is 11.2 Å². The molecular weight excluding hydrogens is 236 g/mol. The Balaban J connectivity index is 2.63. The lowest BCUT2D eigenvalue weighted by Crippen LogP contribution is -2.04. The minimum Gasteiger partial charge on any atom is -0.219 e. The number of pyridine rings is 1. The molecule has 0 aliphatic carbocycles. The van der Waals surface area contributed by atoms with Crippen LogP contribution < -0.4 is 0 Å². The van der Waals surface area contributed by atoms with Crippen LogP contribution >= 0.6 is 11.6 Å². The summed E-state index contributed by atoms with van der Waals surface area (Å²) >= 11 is 5.97. The molecule has 4 nitrogen and oxygen atoms in total. The second kappa shape index (κ2) is 4.19. The number of nitrogens with zero attached hydrogens (tertiary/aromatic N) is 4. The molecule has 0 aromatic carbocycles. The summed E-state index contributed by atoms with van der Waals surface area (Å²) in [6, 6.07) is 5.81. The fourth-order valence-electron chi connectivity index (χ4n) is 1.72. The molecule has 0 saturated carbocycles. The molecule has 86 valence electrons. The number of hydrogen-bond acceptors (Lipinski definition) is 3. The molecule has 2 aromatic rings. The lowest BCUT2D eigenvalue weighted by molar-refractivity contribution is 0.804. The van der Waals surface area contributed by atoms with Crippen LogP contribution in [0.15, 0.2) is 12.1 Å². The van der Waals surface area contributed by atoms with Gasteiger partial charge in [-0.25, -0.2) is 9.67 Å². The number of aryl methyl sites for hydroxylation is 3. The van der Waals surface area contributed by atoms with Gasteiger partial charge in [-0.1, -0.05) is 11.6 Å². The van der Waals surface area contributed by atoms with Gasteiger partial charge in [0, 0.05) is 5.69 Å². The van der Waals surface area contributed by atoms with Crippen molar-refractivity contribution in [3.63, 3.8) is 0 Å². The molecule has 0 saturated heterocycles. The van der Waals surface area contributed by atoms with Crippen LogP contribution in [0.2, 0.25) is 5.15 Å². The molecule has 0 spiro atoms. The van der Waals surface area contributed by atoms with E-state index in [1.54, 1.807) is 4.68 Å². The Morgan fingerprint density at radius 2 is 2.00 bits per heavy atom. The first-order valence-electron chi connectivity index (χ1n) is 5.14. The van der Waals surface area contributed by atoms with Gasteiger partial charge in [0.05, 0.1) is 11.3 Å². The summed E-state index contributed by atoms with van der Waals surface area (Å²) in [7, 11) is 0. The highest BCUT2D eigenvalue weighted by Gasteiger charge is 2.11. The van der Waals surface area contributed by atoms with Crippen molar-refractivity contribution >= 4 is 11.6 Å². The van der Waals surface area contributed by atoms with Gasteiger partial charge in [-0.05, 0) is 38.5 Å². The lowest BCUT2D eigenvalue weighted by atomic mass is 10.2. The third kappa shape index (κ3) is 2.02. The van der Waals surface area contributed by atoms with Crippen molar-refractivity contribution in [2.75, 3.05) is 0 Å².